The van der Waals surface area contributed by atoms with Crippen molar-refractivity contribution in [3.05, 3.63) is 63.7 Å². The number of nitro benzene ring substituents is 1. The molecule has 0 unspecified atom stereocenters. The molecule has 2 amide bonds. The molecule has 2 aromatic carbocycles. The van der Waals surface area contributed by atoms with E-state index in [1.807, 2.05) is 4.90 Å². The molecule has 9 nitrogen and oxygen atoms in total. The lowest BCUT2D eigenvalue weighted by Crippen LogP contribution is -2.52. The number of piperazine rings is 1. The number of carbonyl (C=O) groups excluding carboxylic acids is 2. The molecule has 0 N–H and O–H groups in total. The minimum Gasteiger partial charge on any atom is -0.482 e. The third-order valence-corrected chi connectivity index (χ3v) is 5.78. The number of halogens is 3. The van der Waals surface area contributed by atoms with Gasteiger partial charge in [-0.05, 0) is 17.7 Å². The van der Waals surface area contributed by atoms with Crippen LogP contribution in [0.25, 0.3) is 0 Å². The number of fused-ring (bicyclic) bond motifs is 1. The summed E-state index contributed by atoms with van der Waals surface area (Å²) in [5.74, 6) is -0.528. The van der Waals surface area contributed by atoms with Crippen LogP contribution in [0.5, 0.6) is 5.75 Å². The van der Waals surface area contributed by atoms with E-state index in [1.54, 1.807) is 11.0 Å². The molecule has 0 bridgehead atoms. The van der Waals surface area contributed by atoms with Crippen LogP contribution in [0.1, 0.15) is 11.1 Å². The summed E-state index contributed by atoms with van der Waals surface area (Å²) in [7, 11) is 0. The lowest BCUT2D eigenvalue weighted by molar-refractivity contribution is -0.384. The first-order valence-electron chi connectivity index (χ1n) is 10.5. The zero-order valence-corrected chi connectivity index (χ0v) is 18.0. The molecular formula is C22H21F3N4O5. The van der Waals surface area contributed by atoms with Crippen molar-refractivity contribution in [1.29, 1.82) is 0 Å². The van der Waals surface area contributed by atoms with Gasteiger partial charge in [-0.2, -0.15) is 13.2 Å². The fourth-order valence-electron chi connectivity index (χ4n) is 3.97. The van der Waals surface area contributed by atoms with Gasteiger partial charge < -0.3 is 9.64 Å². The largest absolute Gasteiger partial charge is 0.482 e. The van der Waals surface area contributed by atoms with E-state index < -0.39 is 22.6 Å². The second-order valence-corrected chi connectivity index (χ2v) is 8.03. The van der Waals surface area contributed by atoms with E-state index >= 15 is 0 Å². The third kappa shape index (κ3) is 5.11. The summed E-state index contributed by atoms with van der Waals surface area (Å²) in [6, 6.07) is 9.01. The van der Waals surface area contributed by atoms with Crippen LogP contribution in [-0.4, -0.2) is 65.9 Å². The fraction of sp³-hybridized carbons (Fsp3) is 0.364. The molecule has 0 saturated carbocycles. The average Bonchev–Trinajstić information content (AvgIpc) is 2.80. The van der Waals surface area contributed by atoms with Crippen LogP contribution >= 0.6 is 0 Å². The highest BCUT2D eigenvalue weighted by Gasteiger charge is 2.32. The number of hydrogen-bond donors (Lipinski definition) is 0. The summed E-state index contributed by atoms with van der Waals surface area (Å²) in [5.41, 5.74) is -0.221. The number of hydrogen-bond acceptors (Lipinski definition) is 6. The molecule has 2 heterocycles. The SMILES string of the molecule is O=C(CN1C(=O)COc2ccc([N+](=O)[O-])cc21)N1CCN(Cc2cccc(C(F)(F)F)c2)CC1. The number of benzene rings is 2. The van der Waals surface area contributed by atoms with E-state index in [0.717, 1.165) is 12.1 Å². The van der Waals surface area contributed by atoms with Gasteiger partial charge in [0.2, 0.25) is 5.91 Å². The monoisotopic (exact) mass is 478 g/mol. The van der Waals surface area contributed by atoms with Crippen LogP contribution in [0.2, 0.25) is 0 Å². The van der Waals surface area contributed by atoms with E-state index in [0.29, 0.717) is 38.3 Å². The zero-order valence-electron chi connectivity index (χ0n) is 18.0. The van der Waals surface area contributed by atoms with Crippen molar-refractivity contribution < 1.29 is 32.4 Å². The molecule has 2 aromatic rings. The van der Waals surface area contributed by atoms with Crippen LogP contribution < -0.4 is 9.64 Å². The number of carbonyl (C=O) groups is 2. The van der Waals surface area contributed by atoms with Crippen molar-refractivity contribution in [3.63, 3.8) is 0 Å². The number of ether oxygens (including phenoxy) is 1. The summed E-state index contributed by atoms with van der Waals surface area (Å²) < 4.78 is 44.1. The molecule has 2 aliphatic heterocycles. The Morgan fingerprint density at radius 1 is 1.09 bits per heavy atom. The summed E-state index contributed by atoms with van der Waals surface area (Å²) in [6.45, 7) is 1.37. The van der Waals surface area contributed by atoms with Crippen molar-refractivity contribution >= 4 is 23.2 Å². The summed E-state index contributed by atoms with van der Waals surface area (Å²) in [5, 5.41) is 11.1. The molecule has 4 rings (SSSR count). The Hall–Kier alpha value is -3.67. The highest BCUT2D eigenvalue weighted by atomic mass is 19.4. The second kappa shape index (κ2) is 9.29. The molecule has 0 atom stereocenters. The predicted molar refractivity (Wildman–Crippen MR) is 114 cm³/mol. The van der Waals surface area contributed by atoms with Crippen LogP contribution in [-0.2, 0) is 22.3 Å². The maximum atomic E-state index is 12.9. The summed E-state index contributed by atoms with van der Waals surface area (Å²) in [4.78, 5) is 40.5. The van der Waals surface area contributed by atoms with Crippen LogP contribution in [0.15, 0.2) is 42.5 Å². The first-order chi connectivity index (χ1) is 16.1. The topological polar surface area (TPSA) is 96.2 Å². The minimum absolute atomic E-state index is 0.169. The van der Waals surface area contributed by atoms with E-state index in [1.165, 1.54) is 29.2 Å². The fourth-order valence-corrected chi connectivity index (χ4v) is 3.97. The van der Waals surface area contributed by atoms with Crippen molar-refractivity contribution in [2.24, 2.45) is 0 Å². The Labute approximate surface area is 192 Å². The predicted octanol–water partition coefficient (Wildman–Crippen LogP) is 2.68. The van der Waals surface area contributed by atoms with Gasteiger partial charge in [0.25, 0.3) is 11.6 Å². The standard InChI is InChI=1S/C22H21F3N4O5/c23-22(24,25)16-3-1-2-15(10-16)12-26-6-8-27(9-7-26)20(30)13-28-18-11-17(29(32)33)4-5-19(18)34-14-21(28)31/h1-5,10-11H,6-9,12-14H2. The molecule has 1 fully saturated rings. The zero-order chi connectivity index (χ0) is 24.5. The first-order valence-corrected chi connectivity index (χ1v) is 10.5. The summed E-state index contributed by atoms with van der Waals surface area (Å²) in [6.07, 6.45) is -4.41. The molecule has 0 spiro atoms. The highest BCUT2D eigenvalue weighted by Crippen LogP contribution is 2.35. The molecule has 2 aliphatic rings. The van der Waals surface area contributed by atoms with Crippen molar-refractivity contribution in [3.8, 4) is 5.75 Å². The van der Waals surface area contributed by atoms with Gasteiger partial charge in [0, 0.05) is 44.9 Å². The number of amides is 2. The summed E-state index contributed by atoms with van der Waals surface area (Å²) >= 11 is 0. The van der Waals surface area contributed by atoms with Gasteiger partial charge in [0.05, 0.1) is 16.2 Å². The number of nitrogens with zero attached hydrogens (tertiary/aromatic N) is 4. The van der Waals surface area contributed by atoms with Gasteiger partial charge in [0.1, 0.15) is 12.3 Å². The van der Waals surface area contributed by atoms with E-state index in [9.17, 15) is 32.9 Å². The van der Waals surface area contributed by atoms with Crippen molar-refractivity contribution in [1.82, 2.24) is 9.80 Å². The molecule has 0 aliphatic carbocycles. The smallest absolute Gasteiger partial charge is 0.416 e. The molecule has 0 radical (unpaired) electrons. The number of non-ortho nitro benzene ring substituents is 1. The van der Waals surface area contributed by atoms with Crippen molar-refractivity contribution in [2.45, 2.75) is 12.7 Å². The minimum atomic E-state index is -4.41. The van der Waals surface area contributed by atoms with E-state index in [2.05, 4.69) is 0 Å². The van der Waals surface area contributed by atoms with Gasteiger partial charge >= 0.3 is 6.18 Å². The molecule has 0 aromatic heterocycles. The number of rotatable bonds is 5. The molecule has 12 heteroatoms. The maximum Gasteiger partial charge on any atom is 0.416 e. The Balaban J connectivity index is 1.37. The average molecular weight is 478 g/mol. The maximum absolute atomic E-state index is 12.9. The first kappa shape index (κ1) is 23.5. The highest BCUT2D eigenvalue weighted by molar-refractivity contribution is 6.02. The van der Waals surface area contributed by atoms with E-state index in [-0.39, 0.29) is 36.2 Å². The van der Waals surface area contributed by atoms with Gasteiger partial charge in [-0.3, -0.25) is 29.5 Å². The third-order valence-electron chi connectivity index (χ3n) is 5.78. The number of anilines is 1. The van der Waals surface area contributed by atoms with Gasteiger partial charge in [-0.1, -0.05) is 18.2 Å². The molecular weight excluding hydrogens is 457 g/mol. The second-order valence-electron chi connectivity index (χ2n) is 8.03. The Bertz CT molecular complexity index is 1120. The van der Waals surface area contributed by atoms with Crippen LogP contribution in [0.3, 0.4) is 0 Å². The number of nitro groups is 1. The quantitative estimate of drug-likeness (QED) is 0.484. The van der Waals surface area contributed by atoms with Gasteiger partial charge in [0.15, 0.2) is 6.61 Å². The van der Waals surface area contributed by atoms with Gasteiger partial charge in [-0.15, -0.1) is 0 Å². The number of alkyl halides is 3. The normalized spacial score (nSPS) is 16.7. The lowest BCUT2D eigenvalue weighted by Gasteiger charge is -2.36. The van der Waals surface area contributed by atoms with E-state index in [4.69, 9.17) is 4.74 Å². The lowest BCUT2D eigenvalue weighted by atomic mass is 10.1. The Morgan fingerprint density at radius 3 is 2.50 bits per heavy atom. The van der Waals surface area contributed by atoms with Crippen molar-refractivity contribution in [2.75, 3.05) is 44.2 Å². The van der Waals surface area contributed by atoms with Crippen LogP contribution in [0.4, 0.5) is 24.5 Å². The Morgan fingerprint density at radius 2 is 1.82 bits per heavy atom. The molecule has 34 heavy (non-hydrogen) atoms. The van der Waals surface area contributed by atoms with Crippen LogP contribution in [0, 0.1) is 10.1 Å². The van der Waals surface area contributed by atoms with Gasteiger partial charge in [-0.25, -0.2) is 0 Å². The molecule has 180 valence electrons. The molecule has 1 saturated heterocycles. The Kier molecular flexibility index (Phi) is 6.42.